The van der Waals surface area contributed by atoms with Gasteiger partial charge in [-0.1, -0.05) is 24.3 Å². The lowest BCUT2D eigenvalue weighted by Gasteiger charge is -2.17. The minimum atomic E-state index is -0.0956. The zero-order chi connectivity index (χ0) is 13.4. The Morgan fingerprint density at radius 3 is 2.72 bits per heavy atom. The van der Waals surface area contributed by atoms with Gasteiger partial charge in [0.15, 0.2) is 0 Å². The van der Waals surface area contributed by atoms with E-state index in [1.54, 1.807) is 0 Å². The third kappa shape index (κ3) is 5.32. The predicted octanol–water partition coefficient (Wildman–Crippen LogP) is 2.77. The van der Waals surface area contributed by atoms with Crippen LogP contribution in [0, 0.1) is 6.92 Å². The van der Waals surface area contributed by atoms with Crippen LogP contribution in [0.25, 0.3) is 0 Å². The quantitative estimate of drug-likeness (QED) is 0.696. The van der Waals surface area contributed by atoms with Crippen LogP contribution >= 0.6 is 0 Å². The summed E-state index contributed by atoms with van der Waals surface area (Å²) in [5.74, 6) is -0.0956. The summed E-state index contributed by atoms with van der Waals surface area (Å²) < 4.78 is 4.90. The monoisotopic (exact) mass is 249 g/mol. The molecule has 0 fully saturated rings. The van der Waals surface area contributed by atoms with Gasteiger partial charge in [-0.05, 0) is 45.0 Å². The van der Waals surface area contributed by atoms with Crippen molar-refractivity contribution in [3.8, 4) is 0 Å². The summed E-state index contributed by atoms with van der Waals surface area (Å²) in [6.45, 7) is 6.27. The molecule has 0 saturated carbocycles. The first kappa shape index (κ1) is 14.7. The fraction of sp³-hybridized carbons (Fsp3) is 0.533. The van der Waals surface area contributed by atoms with Crippen molar-refractivity contribution in [1.82, 2.24) is 4.90 Å². The van der Waals surface area contributed by atoms with Gasteiger partial charge in [-0.3, -0.25) is 4.79 Å². The number of rotatable bonds is 7. The molecule has 0 spiro atoms. The Labute approximate surface area is 110 Å². The molecule has 0 aliphatic rings. The van der Waals surface area contributed by atoms with Gasteiger partial charge < -0.3 is 9.64 Å². The Bertz CT molecular complexity index is 377. The van der Waals surface area contributed by atoms with Gasteiger partial charge in [0.25, 0.3) is 0 Å². The number of carbonyl (C=O) groups excluding carboxylic acids is 1. The number of aryl methyl sites for hydroxylation is 1. The van der Waals surface area contributed by atoms with Crippen LogP contribution < -0.4 is 0 Å². The highest BCUT2D eigenvalue weighted by molar-refractivity contribution is 5.69. The number of ether oxygens (including phenoxy) is 1. The predicted molar refractivity (Wildman–Crippen MR) is 73.4 cm³/mol. The molecule has 0 amide bonds. The van der Waals surface area contributed by atoms with Crippen molar-refractivity contribution in [3.05, 3.63) is 35.4 Å². The second kappa shape index (κ2) is 7.88. The molecule has 0 heterocycles. The number of hydrogen-bond acceptors (Lipinski definition) is 3. The Kier molecular flexibility index (Phi) is 6.44. The van der Waals surface area contributed by atoms with Gasteiger partial charge in [0.05, 0.1) is 6.61 Å². The molecule has 0 unspecified atom stereocenters. The third-order valence-corrected chi connectivity index (χ3v) is 2.93. The van der Waals surface area contributed by atoms with Crippen LogP contribution in [0.15, 0.2) is 24.3 Å². The molecule has 3 nitrogen and oxygen atoms in total. The molecule has 1 rings (SSSR count). The van der Waals surface area contributed by atoms with Crippen LogP contribution in [-0.2, 0) is 16.1 Å². The number of carbonyl (C=O) groups is 1. The molecule has 3 heteroatoms. The van der Waals surface area contributed by atoms with E-state index in [0.717, 1.165) is 19.5 Å². The van der Waals surface area contributed by atoms with E-state index < -0.39 is 0 Å². The Morgan fingerprint density at radius 2 is 2.06 bits per heavy atom. The minimum Gasteiger partial charge on any atom is -0.466 e. The molecule has 1 aromatic rings. The molecule has 0 radical (unpaired) electrons. The van der Waals surface area contributed by atoms with Crippen LogP contribution in [0.4, 0.5) is 0 Å². The topological polar surface area (TPSA) is 29.5 Å². The SMILES string of the molecule is CCOC(=O)CCCN(C)Cc1ccccc1C. The van der Waals surface area contributed by atoms with Crippen LogP contribution in [0.2, 0.25) is 0 Å². The standard InChI is InChI=1S/C15H23NO2/c1-4-18-15(17)10-7-11-16(3)12-14-9-6-5-8-13(14)2/h5-6,8-9H,4,7,10-12H2,1-3H3. The fourth-order valence-corrected chi connectivity index (χ4v) is 1.88. The molecular weight excluding hydrogens is 226 g/mol. The van der Waals surface area contributed by atoms with Crippen molar-refractivity contribution in [1.29, 1.82) is 0 Å². The van der Waals surface area contributed by atoms with E-state index in [4.69, 9.17) is 4.74 Å². The van der Waals surface area contributed by atoms with Crippen molar-refractivity contribution >= 4 is 5.97 Å². The molecule has 1 aromatic carbocycles. The Morgan fingerprint density at radius 1 is 1.33 bits per heavy atom. The lowest BCUT2D eigenvalue weighted by molar-refractivity contribution is -0.143. The first-order chi connectivity index (χ1) is 8.63. The second-order valence-electron chi connectivity index (χ2n) is 4.57. The van der Waals surface area contributed by atoms with Gasteiger partial charge in [-0.25, -0.2) is 0 Å². The molecular formula is C15H23NO2. The van der Waals surface area contributed by atoms with E-state index in [9.17, 15) is 4.79 Å². The molecule has 0 atom stereocenters. The highest BCUT2D eigenvalue weighted by Gasteiger charge is 2.05. The maximum atomic E-state index is 11.2. The maximum Gasteiger partial charge on any atom is 0.305 e. The highest BCUT2D eigenvalue weighted by atomic mass is 16.5. The minimum absolute atomic E-state index is 0.0956. The molecule has 0 aliphatic carbocycles. The van der Waals surface area contributed by atoms with E-state index >= 15 is 0 Å². The average Bonchev–Trinajstić information content (AvgIpc) is 2.32. The molecule has 0 N–H and O–H groups in total. The molecule has 0 bridgehead atoms. The number of benzene rings is 1. The lowest BCUT2D eigenvalue weighted by atomic mass is 10.1. The Balaban J connectivity index is 2.28. The van der Waals surface area contributed by atoms with Crippen LogP contribution in [-0.4, -0.2) is 31.1 Å². The smallest absolute Gasteiger partial charge is 0.305 e. The summed E-state index contributed by atoms with van der Waals surface area (Å²) >= 11 is 0. The summed E-state index contributed by atoms with van der Waals surface area (Å²) in [6, 6.07) is 8.40. The molecule has 0 aliphatic heterocycles. The highest BCUT2D eigenvalue weighted by Crippen LogP contribution is 2.09. The number of nitrogens with zero attached hydrogens (tertiary/aromatic N) is 1. The molecule has 100 valence electrons. The van der Waals surface area contributed by atoms with E-state index in [2.05, 4.69) is 43.1 Å². The van der Waals surface area contributed by atoms with Crippen LogP contribution in [0.3, 0.4) is 0 Å². The van der Waals surface area contributed by atoms with Crippen LogP contribution in [0.1, 0.15) is 30.9 Å². The van der Waals surface area contributed by atoms with E-state index in [-0.39, 0.29) is 5.97 Å². The first-order valence-corrected chi connectivity index (χ1v) is 6.52. The summed E-state index contributed by atoms with van der Waals surface area (Å²) in [5.41, 5.74) is 2.66. The fourth-order valence-electron chi connectivity index (χ4n) is 1.88. The summed E-state index contributed by atoms with van der Waals surface area (Å²) in [5, 5.41) is 0. The summed E-state index contributed by atoms with van der Waals surface area (Å²) in [4.78, 5) is 13.4. The largest absolute Gasteiger partial charge is 0.466 e. The van der Waals surface area contributed by atoms with E-state index in [1.165, 1.54) is 11.1 Å². The van der Waals surface area contributed by atoms with Crippen molar-refractivity contribution < 1.29 is 9.53 Å². The van der Waals surface area contributed by atoms with Gasteiger partial charge >= 0.3 is 5.97 Å². The van der Waals surface area contributed by atoms with E-state index in [0.29, 0.717) is 13.0 Å². The molecule has 0 saturated heterocycles. The van der Waals surface area contributed by atoms with Gasteiger partial charge in [0.2, 0.25) is 0 Å². The summed E-state index contributed by atoms with van der Waals surface area (Å²) in [7, 11) is 2.08. The van der Waals surface area contributed by atoms with Crippen molar-refractivity contribution in [2.45, 2.75) is 33.2 Å². The van der Waals surface area contributed by atoms with Gasteiger partial charge in [0.1, 0.15) is 0 Å². The summed E-state index contributed by atoms with van der Waals surface area (Å²) in [6.07, 6.45) is 1.35. The zero-order valence-electron chi connectivity index (χ0n) is 11.6. The van der Waals surface area contributed by atoms with Gasteiger partial charge in [0, 0.05) is 13.0 Å². The normalized spacial score (nSPS) is 10.7. The van der Waals surface area contributed by atoms with Crippen molar-refractivity contribution in [2.24, 2.45) is 0 Å². The third-order valence-electron chi connectivity index (χ3n) is 2.93. The molecule has 18 heavy (non-hydrogen) atoms. The maximum absolute atomic E-state index is 11.2. The average molecular weight is 249 g/mol. The number of esters is 1. The van der Waals surface area contributed by atoms with Crippen molar-refractivity contribution in [3.63, 3.8) is 0 Å². The first-order valence-electron chi connectivity index (χ1n) is 6.52. The Hall–Kier alpha value is -1.35. The van der Waals surface area contributed by atoms with Gasteiger partial charge in [-0.15, -0.1) is 0 Å². The second-order valence-corrected chi connectivity index (χ2v) is 4.57. The van der Waals surface area contributed by atoms with Crippen molar-refractivity contribution in [2.75, 3.05) is 20.2 Å². The molecule has 0 aromatic heterocycles. The zero-order valence-corrected chi connectivity index (χ0v) is 11.6. The number of hydrogen-bond donors (Lipinski definition) is 0. The van der Waals surface area contributed by atoms with E-state index in [1.807, 2.05) is 6.92 Å². The lowest BCUT2D eigenvalue weighted by Crippen LogP contribution is -2.20. The van der Waals surface area contributed by atoms with Gasteiger partial charge in [-0.2, -0.15) is 0 Å². The van der Waals surface area contributed by atoms with Crippen LogP contribution in [0.5, 0.6) is 0 Å².